The number of likely N-dealkylation sites (tertiary alicyclic amines) is 1. The van der Waals surface area contributed by atoms with Crippen molar-refractivity contribution in [2.24, 2.45) is 7.05 Å². The fourth-order valence-electron chi connectivity index (χ4n) is 3.86. The Labute approximate surface area is 160 Å². The lowest BCUT2D eigenvalue weighted by Crippen LogP contribution is -2.40. The Morgan fingerprint density at radius 3 is 2.70 bits per heavy atom. The Kier molecular flexibility index (Phi) is 4.68. The predicted octanol–water partition coefficient (Wildman–Crippen LogP) is 4.11. The lowest BCUT2D eigenvalue weighted by atomic mass is 9.93. The Morgan fingerprint density at radius 2 is 1.96 bits per heavy atom. The molecule has 1 aliphatic heterocycles. The Morgan fingerprint density at radius 1 is 1.19 bits per heavy atom. The summed E-state index contributed by atoms with van der Waals surface area (Å²) >= 11 is 0. The van der Waals surface area contributed by atoms with Gasteiger partial charge in [-0.2, -0.15) is 5.10 Å². The summed E-state index contributed by atoms with van der Waals surface area (Å²) in [5, 5.41) is 6.86. The molecular formula is C22H26N4O. The van der Waals surface area contributed by atoms with Gasteiger partial charge in [0.1, 0.15) is 5.69 Å². The van der Waals surface area contributed by atoms with Gasteiger partial charge in [0.05, 0.1) is 5.69 Å². The van der Waals surface area contributed by atoms with Crippen LogP contribution in [-0.4, -0.2) is 38.7 Å². The van der Waals surface area contributed by atoms with E-state index >= 15 is 0 Å². The van der Waals surface area contributed by atoms with E-state index in [1.165, 1.54) is 5.39 Å². The molecule has 1 aromatic carbocycles. The maximum absolute atomic E-state index is 13.1. The van der Waals surface area contributed by atoms with Crippen molar-refractivity contribution < 1.29 is 4.79 Å². The van der Waals surface area contributed by atoms with Crippen LogP contribution in [0.25, 0.3) is 10.8 Å². The summed E-state index contributed by atoms with van der Waals surface area (Å²) in [5.74, 6) is 0.668. The minimum Gasteiger partial charge on any atom is -0.337 e. The van der Waals surface area contributed by atoms with E-state index in [9.17, 15) is 4.79 Å². The number of aromatic nitrogens is 3. The van der Waals surface area contributed by atoms with E-state index in [0.717, 1.165) is 36.2 Å². The number of rotatable bonds is 3. The maximum Gasteiger partial charge on any atom is 0.272 e. The number of hydrogen-bond donors (Lipinski definition) is 0. The van der Waals surface area contributed by atoms with Gasteiger partial charge >= 0.3 is 0 Å². The quantitative estimate of drug-likeness (QED) is 0.704. The van der Waals surface area contributed by atoms with Crippen molar-refractivity contribution in [3.63, 3.8) is 0 Å². The van der Waals surface area contributed by atoms with Gasteiger partial charge in [0.25, 0.3) is 5.91 Å². The highest BCUT2D eigenvalue weighted by atomic mass is 16.2. The molecule has 1 saturated heterocycles. The van der Waals surface area contributed by atoms with E-state index in [2.05, 4.69) is 48.2 Å². The highest BCUT2D eigenvalue weighted by molar-refractivity contribution is 5.93. The Balaban J connectivity index is 1.56. The van der Waals surface area contributed by atoms with Crippen molar-refractivity contribution in [1.29, 1.82) is 0 Å². The summed E-state index contributed by atoms with van der Waals surface area (Å²) < 4.78 is 1.72. The fraction of sp³-hybridized carbons (Fsp3) is 0.409. The molecule has 3 heterocycles. The van der Waals surface area contributed by atoms with Gasteiger partial charge in [0, 0.05) is 43.3 Å². The number of benzene rings is 1. The summed E-state index contributed by atoms with van der Waals surface area (Å²) in [4.78, 5) is 19.7. The normalized spacial score (nSPS) is 17.6. The average Bonchev–Trinajstić information content (AvgIpc) is 3.09. The van der Waals surface area contributed by atoms with Crippen LogP contribution in [-0.2, 0) is 7.05 Å². The third kappa shape index (κ3) is 3.46. The third-order valence-corrected chi connectivity index (χ3v) is 5.49. The molecule has 1 unspecified atom stereocenters. The van der Waals surface area contributed by atoms with Gasteiger partial charge in [-0.05, 0) is 36.3 Å². The number of nitrogens with zero attached hydrogens (tertiary/aromatic N) is 4. The first kappa shape index (κ1) is 17.7. The van der Waals surface area contributed by atoms with Gasteiger partial charge in [-0.15, -0.1) is 0 Å². The molecule has 1 atom stereocenters. The minimum absolute atomic E-state index is 0.0717. The van der Waals surface area contributed by atoms with Gasteiger partial charge in [-0.25, -0.2) is 0 Å². The van der Waals surface area contributed by atoms with E-state index in [0.29, 0.717) is 18.2 Å². The first-order chi connectivity index (χ1) is 13.0. The molecule has 0 N–H and O–H groups in total. The molecule has 0 bridgehead atoms. The molecule has 1 aliphatic rings. The lowest BCUT2D eigenvalue weighted by molar-refractivity contribution is 0.0695. The lowest BCUT2D eigenvalue weighted by Gasteiger charge is -2.32. The van der Waals surface area contributed by atoms with Gasteiger partial charge in [0.2, 0.25) is 0 Å². The highest BCUT2D eigenvalue weighted by Crippen LogP contribution is 2.28. The third-order valence-electron chi connectivity index (χ3n) is 5.49. The molecular weight excluding hydrogens is 336 g/mol. The molecule has 2 aromatic heterocycles. The maximum atomic E-state index is 13.1. The molecule has 5 heteroatoms. The van der Waals surface area contributed by atoms with Crippen LogP contribution in [0, 0.1) is 0 Å². The van der Waals surface area contributed by atoms with E-state index in [-0.39, 0.29) is 11.8 Å². The summed E-state index contributed by atoms with van der Waals surface area (Å²) in [6.07, 6.45) is 4.01. The van der Waals surface area contributed by atoms with E-state index in [1.54, 1.807) is 4.68 Å². The second-order valence-electron chi connectivity index (χ2n) is 7.78. The zero-order valence-corrected chi connectivity index (χ0v) is 16.2. The molecule has 140 valence electrons. The molecule has 0 spiro atoms. The second kappa shape index (κ2) is 7.14. The topological polar surface area (TPSA) is 51.0 Å². The number of carbonyl (C=O) groups is 1. The van der Waals surface area contributed by atoms with E-state index < -0.39 is 0 Å². The van der Waals surface area contributed by atoms with Gasteiger partial charge in [-0.3, -0.25) is 14.5 Å². The van der Waals surface area contributed by atoms with Crippen LogP contribution in [0.2, 0.25) is 0 Å². The van der Waals surface area contributed by atoms with Crippen LogP contribution >= 0.6 is 0 Å². The molecule has 1 amide bonds. The standard InChI is InChI=1S/C22H26N4O/c1-15(2)19-12-21(25(3)24-19)22(27)26-10-6-9-18(14-26)20-11-16-7-4-5-8-17(16)13-23-20/h4-5,7-8,11-13,15,18H,6,9-10,14H2,1-3H3. The Hall–Kier alpha value is -2.69. The molecule has 3 aromatic rings. The number of aryl methyl sites for hydroxylation is 1. The fourth-order valence-corrected chi connectivity index (χ4v) is 3.86. The second-order valence-corrected chi connectivity index (χ2v) is 7.78. The van der Waals surface area contributed by atoms with Crippen LogP contribution < -0.4 is 0 Å². The number of amides is 1. The predicted molar refractivity (Wildman–Crippen MR) is 107 cm³/mol. The van der Waals surface area contributed by atoms with Crippen LogP contribution in [0.5, 0.6) is 0 Å². The van der Waals surface area contributed by atoms with Crippen LogP contribution in [0.1, 0.15) is 60.4 Å². The van der Waals surface area contributed by atoms with Crippen LogP contribution in [0.3, 0.4) is 0 Å². The zero-order valence-electron chi connectivity index (χ0n) is 16.2. The minimum atomic E-state index is 0.0717. The smallest absolute Gasteiger partial charge is 0.272 e. The van der Waals surface area contributed by atoms with Crippen molar-refractivity contribution in [3.8, 4) is 0 Å². The monoisotopic (exact) mass is 362 g/mol. The summed E-state index contributed by atoms with van der Waals surface area (Å²) in [6.45, 7) is 5.70. The first-order valence-electron chi connectivity index (χ1n) is 9.71. The molecule has 0 radical (unpaired) electrons. The Bertz CT molecular complexity index is 975. The SMILES string of the molecule is CC(C)c1cc(C(=O)N2CCCC(c3cc4ccccc4cn3)C2)n(C)n1. The van der Waals surface area contributed by atoms with Gasteiger partial charge in [-0.1, -0.05) is 38.1 Å². The van der Waals surface area contributed by atoms with Crippen molar-refractivity contribution in [2.75, 3.05) is 13.1 Å². The van der Waals surface area contributed by atoms with Crippen LogP contribution in [0.15, 0.2) is 42.6 Å². The van der Waals surface area contributed by atoms with Crippen molar-refractivity contribution >= 4 is 16.7 Å². The van der Waals surface area contributed by atoms with Gasteiger partial charge < -0.3 is 4.90 Å². The summed E-state index contributed by atoms with van der Waals surface area (Å²) in [5.41, 5.74) is 2.72. The number of piperidine rings is 1. The van der Waals surface area contributed by atoms with Crippen molar-refractivity contribution in [1.82, 2.24) is 19.7 Å². The number of hydrogen-bond acceptors (Lipinski definition) is 3. The van der Waals surface area contributed by atoms with Crippen molar-refractivity contribution in [2.45, 2.75) is 38.5 Å². The van der Waals surface area contributed by atoms with E-state index in [4.69, 9.17) is 0 Å². The van der Waals surface area contributed by atoms with E-state index in [1.807, 2.05) is 30.3 Å². The van der Waals surface area contributed by atoms with Crippen molar-refractivity contribution in [3.05, 3.63) is 59.7 Å². The summed E-state index contributed by atoms with van der Waals surface area (Å²) in [7, 11) is 1.85. The number of carbonyl (C=O) groups excluding carboxylic acids is 1. The zero-order chi connectivity index (χ0) is 19.0. The first-order valence-corrected chi connectivity index (χ1v) is 9.71. The average molecular weight is 362 g/mol. The molecule has 4 rings (SSSR count). The highest BCUT2D eigenvalue weighted by Gasteiger charge is 2.28. The molecule has 27 heavy (non-hydrogen) atoms. The number of fused-ring (bicyclic) bond motifs is 1. The van der Waals surface area contributed by atoms with Gasteiger partial charge in [0.15, 0.2) is 0 Å². The molecule has 1 fully saturated rings. The molecule has 5 nitrogen and oxygen atoms in total. The molecule has 0 aliphatic carbocycles. The number of pyridine rings is 1. The summed E-state index contributed by atoms with van der Waals surface area (Å²) in [6, 6.07) is 12.4. The largest absolute Gasteiger partial charge is 0.337 e. The van der Waals surface area contributed by atoms with Crippen LogP contribution in [0.4, 0.5) is 0 Å². The molecule has 0 saturated carbocycles.